The van der Waals surface area contributed by atoms with E-state index in [1.54, 1.807) is 18.3 Å². The Balaban J connectivity index is 1.24. The molecular weight excluding hydrogens is 323 g/mol. The zero-order chi connectivity index (χ0) is 16.4. The number of rotatable bonds is 5. The van der Waals surface area contributed by atoms with E-state index >= 15 is 0 Å². The van der Waals surface area contributed by atoms with Crippen LogP contribution in [0.5, 0.6) is 0 Å². The molecule has 0 radical (unpaired) electrons. The van der Waals surface area contributed by atoms with Crippen LogP contribution in [0.2, 0.25) is 0 Å². The highest BCUT2D eigenvalue weighted by atomic mass is 32.2. The van der Waals surface area contributed by atoms with Gasteiger partial charge in [0.2, 0.25) is 0 Å². The lowest BCUT2D eigenvalue weighted by Crippen LogP contribution is -2.58. The maximum Gasteiger partial charge on any atom is 0.123 e. The maximum atomic E-state index is 13.3. The molecule has 1 spiro atoms. The Bertz CT molecular complexity index is 691. The van der Waals surface area contributed by atoms with Gasteiger partial charge in [0.1, 0.15) is 5.82 Å². The normalized spacial score (nSPS) is 22.6. The number of hydrogen-bond donors (Lipinski definition) is 0. The second-order valence-electron chi connectivity index (χ2n) is 6.73. The molecule has 2 aliphatic rings. The van der Waals surface area contributed by atoms with E-state index in [0.717, 1.165) is 43.1 Å². The number of halogens is 1. The number of pyridine rings is 1. The standard InChI is InChI=1S/C19H21FN2OS/c20-16-5-3-4-15(8-16)10-22-13-19(14-22)9-18(12-24-19)23-11-17-6-1-2-7-21-17/h1-8,18H,9-14H2. The van der Waals surface area contributed by atoms with Crippen molar-refractivity contribution in [3.05, 3.63) is 65.7 Å². The molecule has 0 N–H and O–H groups in total. The summed E-state index contributed by atoms with van der Waals surface area (Å²) in [5.41, 5.74) is 2.04. The third kappa shape index (κ3) is 3.63. The first kappa shape index (κ1) is 16.1. The van der Waals surface area contributed by atoms with Gasteiger partial charge in [0.05, 0.1) is 18.4 Å². The Kier molecular flexibility index (Phi) is 4.57. The van der Waals surface area contributed by atoms with Crippen molar-refractivity contribution in [1.29, 1.82) is 0 Å². The third-order valence-electron chi connectivity index (χ3n) is 4.69. The van der Waals surface area contributed by atoms with Crippen LogP contribution in [-0.2, 0) is 17.9 Å². The summed E-state index contributed by atoms with van der Waals surface area (Å²) in [7, 11) is 0. The number of thioether (sulfide) groups is 1. The Morgan fingerprint density at radius 2 is 2.17 bits per heavy atom. The molecule has 1 aromatic heterocycles. The minimum absolute atomic E-state index is 0.152. The Morgan fingerprint density at radius 3 is 2.96 bits per heavy atom. The first-order valence-electron chi connectivity index (χ1n) is 8.33. The SMILES string of the molecule is Fc1cccc(CN2CC3(CC(OCc4ccccn4)CS3)C2)c1. The molecule has 2 saturated heterocycles. The summed E-state index contributed by atoms with van der Waals surface area (Å²) in [5.74, 6) is 0.904. The van der Waals surface area contributed by atoms with E-state index in [-0.39, 0.29) is 5.82 Å². The van der Waals surface area contributed by atoms with Gasteiger partial charge >= 0.3 is 0 Å². The lowest BCUT2D eigenvalue weighted by molar-refractivity contribution is 0.0251. The lowest BCUT2D eigenvalue weighted by atomic mass is 9.92. The molecule has 2 aromatic rings. The van der Waals surface area contributed by atoms with E-state index in [0.29, 0.717) is 17.5 Å². The van der Waals surface area contributed by atoms with E-state index in [1.165, 1.54) is 6.07 Å². The Morgan fingerprint density at radius 1 is 1.25 bits per heavy atom. The smallest absolute Gasteiger partial charge is 0.123 e. The molecule has 4 rings (SSSR count). The number of likely N-dealkylation sites (tertiary alicyclic amines) is 1. The number of aromatic nitrogens is 1. The van der Waals surface area contributed by atoms with Gasteiger partial charge in [-0.25, -0.2) is 4.39 Å². The van der Waals surface area contributed by atoms with Crippen molar-refractivity contribution in [1.82, 2.24) is 9.88 Å². The summed E-state index contributed by atoms with van der Waals surface area (Å²) in [4.78, 5) is 6.70. The molecule has 5 heteroatoms. The fraction of sp³-hybridized carbons (Fsp3) is 0.421. The number of hydrogen-bond acceptors (Lipinski definition) is 4. The maximum absolute atomic E-state index is 13.3. The van der Waals surface area contributed by atoms with Crippen LogP contribution in [0.3, 0.4) is 0 Å². The molecule has 2 fully saturated rings. The van der Waals surface area contributed by atoms with Gasteiger partial charge in [-0.15, -0.1) is 11.8 Å². The summed E-state index contributed by atoms with van der Waals surface area (Å²) in [5, 5.41) is 0. The molecule has 3 nitrogen and oxygen atoms in total. The van der Waals surface area contributed by atoms with Crippen LogP contribution in [0.15, 0.2) is 48.7 Å². The lowest BCUT2D eigenvalue weighted by Gasteiger charge is -2.47. The van der Waals surface area contributed by atoms with E-state index in [1.807, 2.05) is 36.0 Å². The van der Waals surface area contributed by atoms with Crippen molar-refractivity contribution in [2.24, 2.45) is 0 Å². The van der Waals surface area contributed by atoms with Crippen LogP contribution in [0, 0.1) is 5.82 Å². The second-order valence-corrected chi connectivity index (χ2v) is 8.22. The van der Waals surface area contributed by atoms with Crippen molar-refractivity contribution in [3.63, 3.8) is 0 Å². The minimum atomic E-state index is -0.152. The van der Waals surface area contributed by atoms with Gasteiger partial charge in [-0.1, -0.05) is 18.2 Å². The van der Waals surface area contributed by atoms with Gasteiger partial charge in [-0.05, 0) is 36.2 Å². The monoisotopic (exact) mass is 344 g/mol. The molecule has 126 valence electrons. The highest BCUT2D eigenvalue weighted by Crippen LogP contribution is 2.46. The van der Waals surface area contributed by atoms with Gasteiger partial charge < -0.3 is 4.74 Å². The van der Waals surface area contributed by atoms with Crippen LogP contribution in [-0.4, -0.2) is 39.6 Å². The van der Waals surface area contributed by atoms with Crippen LogP contribution in [0.25, 0.3) is 0 Å². The molecule has 1 aromatic carbocycles. The van der Waals surface area contributed by atoms with Crippen LogP contribution in [0.1, 0.15) is 17.7 Å². The van der Waals surface area contributed by atoms with Crippen molar-refractivity contribution >= 4 is 11.8 Å². The molecule has 1 atom stereocenters. The van der Waals surface area contributed by atoms with Crippen LogP contribution >= 0.6 is 11.8 Å². The van der Waals surface area contributed by atoms with Crippen molar-refractivity contribution in [2.45, 2.75) is 30.4 Å². The van der Waals surface area contributed by atoms with Gasteiger partial charge in [-0.2, -0.15) is 0 Å². The predicted molar refractivity (Wildman–Crippen MR) is 94.3 cm³/mol. The highest BCUT2D eigenvalue weighted by Gasteiger charge is 2.49. The van der Waals surface area contributed by atoms with Gasteiger partial charge in [-0.3, -0.25) is 9.88 Å². The summed E-state index contributed by atoms with van der Waals surface area (Å²) in [6, 6.07) is 12.8. The Hall–Kier alpha value is -1.43. The fourth-order valence-electron chi connectivity index (χ4n) is 3.59. The first-order valence-corrected chi connectivity index (χ1v) is 9.32. The van der Waals surface area contributed by atoms with E-state index in [4.69, 9.17) is 4.74 Å². The summed E-state index contributed by atoms with van der Waals surface area (Å²) in [6.07, 6.45) is 3.22. The largest absolute Gasteiger partial charge is 0.371 e. The fourth-order valence-corrected chi connectivity index (χ4v) is 5.20. The molecule has 0 amide bonds. The molecule has 2 aliphatic heterocycles. The molecule has 0 aliphatic carbocycles. The summed E-state index contributed by atoms with van der Waals surface area (Å²) < 4.78 is 19.6. The number of ether oxygens (including phenoxy) is 1. The molecular formula is C19H21FN2OS. The van der Waals surface area contributed by atoms with Crippen molar-refractivity contribution in [2.75, 3.05) is 18.8 Å². The van der Waals surface area contributed by atoms with E-state index < -0.39 is 0 Å². The molecule has 0 bridgehead atoms. The quantitative estimate of drug-likeness (QED) is 0.829. The zero-order valence-electron chi connectivity index (χ0n) is 13.5. The van der Waals surface area contributed by atoms with Gasteiger partial charge in [0.15, 0.2) is 0 Å². The highest BCUT2D eigenvalue weighted by molar-refractivity contribution is 8.01. The first-order chi connectivity index (χ1) is 11.7. The topological polar surface area (TPSA) is 25.4 Å². The van der Waals surface area contributed by atoms with Crippen LogP contribution in [0.4, 0.5) is 4.39 Å². The predicted octanol–water partition coefficient (Wildman–Crippen LogP) is 3.50. The minimum Gasteiger partial charge on any atom is -0.371 e. The van der Waals surface area contributed by atoms with E-state index in [2.05, 4.69) is 9.88 Å². The van der Waals surface area contributed by atoms with Crippen molar-refractivity contribution < 1.29 is 9.13 Å². The number of benzene rings is 1. The molecule has 3 heterocycles. The second kappa shape index (κ2) is 6.82. The number of nitrogens with zero attached hydrogens (tertiary/aromatic N) is 2. The van der Waals surface area contributed by atoms with Gasteiger partial charge in [0, 0.05) is 36.3 Å². The third-order valence-corrected chi connectivity index (χ3v) is 6.26. The molecule has 1 unspecified atom stereocenters. The van der Waals surface area contributed by atoms with Crippen molar-refractivity contribution in [3.8, 4) is 0 Å². The van der Waals surface area contributed by atoms with E-state index in [9.17, 15) is 4.39 Å². The van der Waals surface area contributed by atoms with Gasteiger partial charge in [0.25, 0.3) is 0 Å². The Labute approximate surface area is 146 Å². The average molecular weight is 344 g/mol. The molecule has 24 heavy (non-hydrogen) atoms. The zero-order valence-corrected chi connectivity index (χ0v) is 14.3. The summed E-state index contributed by atoms with van der Waals surface area (Å²) >= 11 is 2.03. The summed E-state index contributed by atoms with van der Waals surface area (Å²) in [6.45, 7) is 3.56. The average Bonchev–Trinajstić information content (AvgIpc) is 2.98. The molecule has 0 saturated carbocycles. The van der Waals surface area contributed by atoms with Crippen LogP contribution < -0.4 is 0 Å².